The highest BCUT2D eigenvalue weighted by molar-refractivity contribution is 8.02. The van der Waals surface area contributed by atoms with Gasteiger partial charge in [-0.15, -0.1) is 11.8 Å². The van der Waals surface area contributed by atoms with E-state index in [1.165, 1.54) is 11.8 Å². The van der Waals surface area contributed by atoms with Crippen LogP contribution in [0.25, 0.3) is 0 Å². The molecule has 4 aliphatic heterocycles. The Bertz CT molecular complexity index is 1060. The number of rotatable bonds is 4. The third-order valence-electron chi connectivity index (χ3n) is 7.27. The average Bonchev–Trinajstić information content (AvgIpc) is 3.20. The third kappa shape index (κ3) is 3.49. The van der Waals surface area contributed by atoms with Gasteiger partial charge in [-0.2, -0.15) is 0 Å². The molecular formula is C25H27ClN2O5S. The molecule has 5 rings (SSSR count). The molecule has 34 heavy (non-hydrogen) atoms. The number of benzene rings is 1. The fraction of sp³-hybridized carbons (Fsp3) is 0.480. The lowest BCUT2D eigenvalue weighted by Crippen LogP contribution is -2.56. The summed E-state index contributed by atoms with van der Waals surface area (Å²) in [6, 6.07) is 5.64. The van der Waals surface area contributed by atoms with Crippen molar-refractivity contribution >= 4 is 46.8 Å². The monoisotopic (exact) mass is 502 g/mol. The number of halogens is 1. The van der Waals surface area contributed by atoms with Crippen molar-refractivity contribution in [3.8, 4) is 0 Å². The van der Waals surface area contributed by atoms with Crippen molar-refractivity contribution in [2.75, 3.05) is 24.7 Å². The molecule has 1 spiro atoms. The van der Waals surface area contributed by atoms with Gasteiger partial charge in [0, 0.05) is 22.5 Å². The summed E-state index contributed by atoms with van der Waals surface area (Å²) in [5.74, 6) is -2.32. The highest BCUT2D eigenvalue weighted by Crippen LogP contribution is 2.61. The normalized spacial score (nSPS) is 33.6. The zero-order valence-electron chi connectivity index (χ0n) is 18.8. The van der Waals surface area contributed by atoms with E-state index < -0.39 is 34.6 Å². The molecule has 0 bridgehead atoms. The molecule has 2 amide bonds. The molecule has 6 atom stereocenters. The number of fused-ring (bicyclic) bond motifs is 2. The van der Waals surface area contributed by atoms with Crippen LogP contribution in [0.1, 0.15) is 19.8 Å². The number of esters is 1. The lowest BCUT2D eigenvalue weighted by atomic mass is 9.78. The molecule has 4 heterocycles. The Kier molecular flexibility index (Phi) is 6.25. The van der Waals surface area contributed by atoms with Crippen LogP contribution in [0.3, 0.4) is 0 Å². The van der Waals surface area contributed by atoms with Crippen LogP contribution in [0.2, 0.25) is 5.02 Å². The lowest BCUT2D eigenvalue weighted by molar-refractivity contribution is -0.153. The summed E-state index contributed by atoms with van der Waals surface area (Å²) in [5, 5.41) is 10.4. The van der Waals surface area contributed by atoms with Crippen molar-refractivity contribution in [2.24, 2.45) is 11.8 Å². The molecule has 0 radical (unpaired) electrons. The SMILES string of the molecule is CC[C@@H](CO)N1C(=O)[C@@H]2[C@H]3C(=O)OCCC=C[C@H]3S[C@@]23C=CCN(c2ccc(Cl)cc2)C(=O)C13. The van der Waals surface area contributed by atoms with Crippen LogP contribution in [0.4, 0.5) is 5.69 Å². The number of aliphatic hydroxyl groups excluding tert-OH is 1. The molecule has 0 saturated carbocycles. The van der Waals surface area contributed by atoms with Gasteiger partial charge in [-0.25, -0.2) is 0 Å². The number of ether oxygens (including phenoxy) is 1. The van der Waals surface area contributed by atoms with E-state index in [1.807, 2.05) is 31.2 Å². The molecule has 1 N–H and O–H groups in total. The zero-order chi connectivity index (χ0) is 24.0. The summed E-state index contributed by atoms with van der Waals surface area (Å²) < 4.78 is 4.55. The summed E-state index contributed by atoms with van der Waals surface area (Å²) in [4.78, 5) is 44.5. The molecule has 1 unspecified atom stereocenters. The second kappa shape index (κ2) is 9.06. The summed E-state index contributed by atoms with van der Waals surface area (Å²) in [7, 11) is 0. The maximum absolute atomic E-state index is 14.2. The Hall–Kier alpha value is -2.29. The minimum Gasteiger partial charge on any atom is -0.465 e. The van der Waals surface area contributed by atoms with Gasteiger partial charge in [0.05, 0.1) is 35.8 Å². The maximum atomic E-state index is 14.2. The topological polar surface area (TPSA) is 87.2 Å². The first-order valence-electron chi connectivity index (χ1n) is 11.6. The largest absolute Gasteiger partial charge is 0.465 e. The van der Waals surface area contributed by atoms with Crippen LogP contribution < -0.4 is 4.90 Å². The number of likely N-dealkylation sites (tertiary alicyclic amines) is 1. The Morgan fingerprint density at radius 3 is 2.68 bits per heavy atom. The van der Waals surface area contributed by atoms with Crippen molar-refractivity contribution in [3.63, 3.8) is 0 Å². The summed E-state index contributed by atoms with van der Waals surface area (Å²) in [6.45, 7) is 2.23. The number of hydrogen-bond acceptors (Lipinski definition) is 6. The van der Waals surface area contributed by atoms with Crippen LogP contribution >= 0.6 is 23.4 Å². The number of nitrogens with zero attached hydrogens (tertiary/aromatic N) is 2. The second-order valence-electron chi connectivity index (χ2n) is 9.04. The fourth-order valence-corrected chi connectivity index (χ4v) is 7.82. The van der Waals surface area contributed by atoms with Gasteiger partial charge < -0.3 is 19.6 Å². The van der Waals surface area contributed by atoms with Crippen LogP contribution in [0, 0.1) is 11.8 Å². The number of amides is 2. The molecule has 2 saturated heterocycles. The van der Waals surface area contributed by atoms with Gasteiger partial charge in [0.15, 0.2) is 0 Å². The number of aliphatic hydroxyl groups is 1. The Morgan fingerprint density at radius 2 is 1.97 bits per heavy atom. The molecule has 180 valence electrons. The van der Waals surface area contributed by atoms with Gasteiger partial charge in [-0.05, 0) is 37.1 Å². The van der Waals surface area contributed by atoms with Crippen molar-refractivity contribution in [1.82, 2.24) is 4.90 Å². The Labute approximate surface area is 207 Å². The summed E-state index contributed by atoms with van der Waals surface area (Å²) in [5.41, 5.74) is 0.678. The lowest BCUT2D eigenvalue weighted by Gasteiger charge is -2.38. The van der Waals surface area contributed by atoms with E-state index in [2.05, 4.69) is 0 Å². The molecule has 0 aliphatic carbocycles. The van der Waals surface area contributed by atoms with Crippen molar-refractivity contribution < 1.29 is 24.2 Å². The van der Waals surface area contributed by atoms with Gasteiger partial charge in [0.1, 0.15) is 6.04 Å². The first kappa shape index (κ1) is 23.5. The minimum atomic E-state index is -0.930. The minimum absolute atomic E-state index is 0.228. The van der Waals surface area contributed by atoms with Gasteiger partial charge in [-0.3, -0.25) is 14.4 Å². The Balaban J connectivity index is 1.64. The number of carbonyl (C=O) groups excluding carboxylic acids is 3. The van der Waals surface area contributed by atoms with Crippen molar-refractivity contribution in [3.05, 3.63) is 53.6 Å². The van der Waals surface area contributed by atoms with E-state index in [9.17, 15) is 19.5 Å². The number of anilines is 1. The second-order valence-corrected chi connectivity index (χ2v) is 11.0. The Morgan fingerprint density at radius 1 is 1.21 bits per heavy atom. The number of carbonyl (C=O) groups is 3. The predicted molar refractivity (Wildman–Crippen MR) is 131 cm³/mol. The van der Waals surface area contributed by atoms with Crippen LogP contribution in [-0.4, -0.2) is 69.6 Å². The van der Waals surface area contributed by atoms with E-state index in [1.54, 1.807) is 34.1 Å². The van der Waals surface area contributed by atoms with Crippen molar-refractivity contribution in [2.45, 2.75) is 41.8 Å². The standard InChI is InChI=1S/C25H27ClN2O5S/c1-2-16(14-29)28-21-23(31)27(17-9-7-15(26)8-10-17)12-5-11-25(21)20(22(28)30)19-18(34-25)6-3-4-13-33-24(19)32/h3,5-11,16,18-21,29H,2,4,12-14H2,1H3/t16-,18+,19-,20-,21?,25-/m0/s1. The van der Waals surface area contributed by atoms with Gasteiger partial charge in [-0.1, -0.05) is 42.8 Å². The first-order chi connectivity index (χ1) is 16.4. The van der Waals surface area contributed by atoms with E-state index in [0.717, 1.165) is 0 Å². The highest BCUT2D eigenvalue weighted by atomic mass is 35.5. The molecule has 4 aliphatic rings. The van der Waals surface area contributed by atoms with E-state index in [-0.39, 0.29) is 30.3 Å². The molecule has 1 aromatic rings. The zero-order valence-corrected chi connectivity index (χ0v) is 20.4. The van der Waals surface area contributed by atoms with Gasteiger partial charge in [0.25, 0.3) is 5.91 Å². The average molecular weight is 503 g/mol. The quantitative estimate of drug-likeness (QED) is 0.503. The molecule has 2 fully saturated rings. The molecule has 1 aromatic carbocycles. The van der Waals surface area contributed by atoms with E-state index >= 15 is 0 Å². The van der Waals surface area contributed by atoms with E-state index in [0.29, 0.717) is 30.1 Å². The molecule has 0 aromatic heterocycles. The van der Waals surface area contributed by atoms with Gasteiger partial charge >= 0.3 is 5.97 Å². The van der Waals surface area contributed by atoms with Crippen LogP contribution in [-0.2, 0) is 19.1 Å². The van der Waals surface area contributed by atoms with Gasteiger partial charge in [0.2, 0.25) is 5.91 Å². The molecular weight excluding hydrogens is 476 g/mol. The third-order valence-corrected chi connectivity index (χ3v) is 9.27. The maximum Gasteiger partial charge on any atom is 0.311 e. The number of cyclic esters (lactones) is 1. The summed E-state index contributed by atoms with van der Waals surface area (Å²) in [6.07, 6.45) is 8.95. The van der Waals surface area contributed by atoms with E-state index in [4.69, 9.17) is 16.3 Å². The predicted octanol–water partition coefficient (Wildman–Crippen LogP) is 2.81. The van der Waals surface area contributed by atoms with Crippen molar-refractivity contribution in [1.29, 1.82) is 0 Å². The van der Waals surface area contributed by atoms with Crippen LogP contribution in [0.15, 0.2) is 48.6 Å². The summed E-state index contributed by atoms with van der Waals surface area (Å²) >= 11 is 7.56. The fourth-order valence-electron chi connectivity index (χ4n) is 5.71. The highest BCUT2D eigenvalue weighted by Gasteiger charge is 2.71. The number of thioether (sulfide) groups is 1. The first-order valence-corrected chi connectivity index (χ1v) is 12.9. The smallest absolute Gasteiger partial charge is 0.311 e. The van der Waals surface area contributed by atoms with Crippen LogP contribution in [0.5, 0.6) is 0 Å². The molecule has 7 nitrogen and oxygen atoms in total. The molecule has 9 heteroatoms. The number of hydrogen-bond donors (Lipinski definition) is 1.